The van der Waals surface area contributed by atoms with Crippen LogP contribution in [0.4, 0.5) is 0 Å². The van der Waals surface area contributed by atoms with Crippen LogP contribution in [0.15, 0.2) is 0 Å². The van der Waals surface area contributed by atoms with Crippen LogP contribution in [-0.2, 0) is 9.59 Å². The molecule has 3 heteroatoms. The molecule has 96 valence electrons. The maximum atomic E-state index is 12.5. The number of unbranched alkanes of at least 4 members (excludes halogenated alkanes) is 1. The molecule has 3 nitrogen and oxygen atoms in total. The predicted octanol–water partition coefficient (Wildman–Crippen LogP) is 2.60. The average molecular weight is 237 g/mol. The largest absolute Gasteiger partial charge is 0.282 e. The molecule has 0 unspecified atom stereocenters. The fraction of sp³-hybridized carbons (Fsp3) is 0.857. The summed E-state index contributed by atoms with van der Waals surface area (Å²) < 4.78 is 0. The lowest BCUT2D eigenvalue weighted by Gasteiger charge is -2.47. The molecule has 2 atom stereocenters. The second kappa shape index (κ2) is 3.82. The highest BCUT2D eigenvalue weighted by Crippen LogP contribution is 2.59. The van der Waals surface area contributed by atoms with E-state index in [1.165, 1.54) is 4.90 Å². The summed E-state index contributed by atoms with van der Waals surface area (Å²) in [7, 11) is 0. The molecule has 17 heavy (non-hydrogen) atoms. The van der Waals surface area contributed by atoms with Crippen LogP contribution in [0, 0.1) is 16.7 Å². The third kappa shape index (κ3) is 1.47. The van der Waals surface area contributed by atoms with Crippen molar-refractivity contribution in [1.82, 2.24) is 4.90 Å². The first kappa shape index (κ1) is 12.6. The Morgan fingerprint density at radius 2 is 1.94 bits per heavy atom. The quantitative estimate of drug-likeness (QED) is 0.707. The van der Waals surface area contributed by atoms with Gasteiger partial charge >= 0.3 is 0 Å². The number of likely N-dealkylation sites (tertiary alicyclic amines) is 1. The smallest absolute Gasteiger partial charge is 0.235 e. The Morgan fingerprint density at radius 1 is 1.29 bits per heavy atom. The summed E-state index contributed by atoms with van der Waals surface area (Å²) in [6.07, 6.45) is 3.66. The minimum Gasteiger partial charge on any atom is -0.282 e. The van der Waals surface area contributed by atoms with Crippen molar-refractivity contribution in [1.29, 1.82) is 0 Å². The van der Waals surface area contributed by atoms with Gasteiger partial charge in [0.2, 0.25) is 11.8 Å². The van der Waals surface area contributed by atoms with E-state index in [1.54, 1.807) is 0 Å². The van der Waals surface area contributed by atoms with Crippen molar-refractivity contribution >= 4 is 11.8 Å². The number of hydrogen-bond acceptors (Lipinski definition) is 2. The van der Waals surface area contributed by atoms with Gasteiger partial charge < -0.3 is 0 Å². The molecule has 1 saturated heterocycles. The number of amides is 2. The van der Waals surface area contributed by atoms with Gasteiger partial charge in [-0.1, -0.05) is 34.1 Å². The van der Waals surface area contributed by atoms with Gasteiger partial charge in [-0.25, -0.2) is 0 Å². The fourth-order valence-electron chi connectivity index (χ4n) is 3.43. The Labute approximate surface area is 104 Å². The highest BCUT2D eigenvalue weighted by Gasteiger charge is 2.64. The summed E-state index contributed by atoms with van der Waals surface area (Å²) in [5.41, 5.74) is -0.511. The number of imide groups is 1. The van der Waals surface area contributed by atoms with Gasteiger partial charge in [-0.05, 0) is 24.7 Å². The van der Waals surface area contributed by atoms with Crippen molar-refractivity contribution < 1.29 is 9.59 Å². The molecule has 2 fully saturated rings. The number of carbonyl (C=O) groups excluding carboxylic acids is 2. The summed E-state index contributed by atoms with van der Waals surface area (Å²) >= 11 is 0. The van der Waals surface area contributed by atoms with Crippen LogP contribution in [0.25, 0.3) is 0 Å². The lowest BCUT2D eigenvalue weighted by Crippen LogP contribution is -2.59. The van der Waals surface area contributed by atoms with Crippen LogP contribution in [0.2, 0.25) is 0 Å². The van der Waals surface area contributed by atoms with E-state index in [0.717, 1.165) is 25.7 Å². The monoisotopic (exact) mass is 237 g/mol. The van der Waals surface area contributed by atoms with Gasteiger partial charge in [-0.2, -0.15) is 0 Å². The molecule has 0 radical (unpaired) electrons. The summed E-state index contributed by atoms with van der Waals surface area (Å²) in [6.45, 7) is 8.89. The summed E-state index contributed by atoms with van der Waals surface area (Å²) in [4.78, 5) is 26.4. The number of nitrogens with zero attached hydrogens (tertiary/aromatic N) is 1. The van der Waals surface area contributed by atoms with Crippen molar-refractivity contribution in [3.05, 3.63) is 0 Å². The molecule has 2 bridgehead atoms. The minimum absolute atomic E-state index is 0.0436. The standard InChI is InChI=1S/C14H23NO2/c1-5-6-9-15-11(16)10-7-8-14(4,12(15)17)13(10,2)3/h10H,5-9H2,1-4H3/t10-,14+/m1/s1. The maximum Gasteiger partial charge on any atom is 0.235 e. The highest BCUT2D eigenvalue weighted by atomic mass is 16.2. The number of hydrogen-bond donors (Lipinski definition) is 0. The Kier molecular flexibility index (Phi) is 2.83. The molecule has 1 heterocycles. The van der Waals surface area contributed by atoms with Crippen molar-refractivity contribution in [2.24, 2.45) is 16.7 Å². The van der Waals surface area contributed by atoms with Gasteiger partial charge in [0, 0.05) is 12.5 Å². The Morgan fingerprint density at radius 3 is 2.53 bits per heavy atom. The summed E-state index contributed by atoms with van der Waals surface area (Å²) in [5.74, 6) is 0.181. The topological polar surface area (TPSA) is 37.4 Å². The van der Waals surface area contributed by atoms with E-state index in [4.69, 9.17) is 0 Å². The molecule has 2 aliphatic rings. The summed E-state index contributed by atoms with van der Waals surface area (Å²) in [5, 5.41) is 0. The van der Waals surface area contributed by atoms with Crippen molar-refractivity contribution in [3.63, 3.8) is 0 Å². The van der Waals surface area contributed by atoms with Gasteiger partial charge in [-0.3, -0.25) is 14.5 Å². The fourth-order valence-corrected chi connectivity index (χ4v) is 3.43. The Hall–Kier alpha value is -0.860. The van der Waals surface area contributed by atoms with Crippen molar-refractivity contribution in [2.75, 3.05) is 6.54 Å². The third-order valence-corrected chi connectivity index (χ3v) is 5.24. The van der Waals surface area contributed by atoms with E-state index in [9.17, 15) is 9.59 Å². The van der Waals surface area contributed by atoms with E-state index in [0.29, 0.717) is 6.54 Å². The molecule has 2 rings (SSSR count). The van der Waals surface area contributed by atoms with E-state index in [1.807, 2.05) is 6.92 Å². The van der Waals surface area contributed by atoms with E-state index >= 15 is 0 Å². The van der Waals surface area contributed by atoms with Gasteiger partial charge in [0.25, 0.3) is 0 Å². The second-order valence-corrected chi connectivity index (χ2v) is 6.29. The zero-order chi connectivity index (χ0) is 12.8. The average Bonchev–Trinajstić information content (AvgIpc) is 2.45. The van der Waals surface area contributed by atoms with Crippen LogP contribution >= 0.6 is 0 Å². The number of fused-ring (bicyclic) bond motifs is 2. The first-order chi connectivity index (χ1) is 7.86. The Bertz CT molecular complexity index is 361. The van der Waals surface area contributed by atoms with E-state index in [-0.39, 0.29) is 28.6 Å². The van der Waals surface area contributed by atoms with E-state index in [2.05, 4.69) is 20.8 Å². The molecule has 1 aliphatic carbocycles. The lowest BCUT2D eigenvalue weighted by molar-refractivity contribution is -0.167. The molecule has 0 aromatic carbocycles. The zero-order valence-electron chi connectivity index (χ0n) is 11.4. The summed E-state index contributed by atoms with van der Waals surface area (Å²) in [6, 6.07) is 0. The Balaban J connectivity index is 2.32. The third-order valence-electron chi connectivity index (χ3n) is 5.24. The minimum atomic E-state index is -0.334. The molecule has 2 amide bonds. The lowest BCUT2D eigenvalue weighted by atomic mass is 9.62. The molecule has 1 aliphatic heterocycles. The predicted molar refractivity (Wildman–Crippen MR) is 66.2 cm³/mol. The highest BCUT2D eigenvalue weighted by molar-refractivity contribution is 6.03. The molecular formula is C14H23NO2. The van der Waals surface area contributed by atoms with E-state index < -0.39 is 0 Å². The molecular weight excluding hydrogens is 214 g/mol. The molecule has 0 aromatic rings. The van der Waals surface area contributed by atoms with Gasteiger partial charge in [0.15, 0.2) is 0 Å². The van der Waals surface area contributed by atoms with Gasteiger partial charge in [0.1, 0.15) is 0 Å². The first-order valence-electron chi connectivity index (χ1n) is 6.72. The SMILES string of the molecule is CCCCN1C(=O)[C@H]2CC[C@@](C)(C1=O)C2(C)C. The normalized spacial score (nSPS) is 35.5. The van der Waals surface area contributed by atoms with Crippen molar-refractivity contribution in [3.8, 4) is 0 Å². The second-order valence-electron chi connectivity index (χ2n) is 6.29. The molecule has 1 saturated carbocycles. The van der Waals surface area contributed by atoms with Gasteiger partial charge in [-0.15, -0.1) is 0 Å². The van der Waals surface area contributed by atoms with Crippen LogP contribution in [0.3, 0.4) is 0 Å². The number of carbonyl (C=O) groups is 2. The van der Waals surface area contributed by atoms with Crippen molar-refractivity contribution in [2.45, 2.75) is 53.4 Å². The zero-order valence-corrected chi connectivity index (χ0v) is 11.4. The molecule has 0 aromatic heterocycles. The number of piperidine rings is 1. The van der Waals surface area contributed by atoms with Crippen LogP contribution in [0.1, 0.15) is 53.4 Å². The molecule has 0 spiro atoms. The van der Waals surface area contributed by atoms with Crippen LogP contribution < -0.4 is 0 Å². The van der Waals surface area contributed by atoms with Crippen LogP contribution in [-0.4, -0.2) is 23.3 Å². The first-order valence-corrected chi connectivity index (χ1v) is 6.72. The van der Waals surface area contributed by atoms with Gasteiger partial charge in [0.05, 0.1) is 5.41 Å². The number of rotatable bonds is 3. The maximum absolute atomic E-state index is 12.5. The van der Waals surface area contributed by atoms with Crippen LogP contribution in [0.5, 0.6) is 0 Å². The molecule has 0 N–H and O–H groups in total.